The molecule has 1 fully saturated rings. The second-order valence-electron chi connectivity index (χ2n) is 10.5. The number of hydrogen-bond acceptors (Lipinski definition) is 4. The van der Waals surface area contributed by atoms with Gasteiger partial charge in [0.25, 0.3) is 0 Å². The van der Waals surface area contributed by atoms with E-state index in [-0.39, 0.29) is 24.9 Å². The average Bonchev–Trinajstić information content (AvgIpc) is 3.30. The lowest BCUT2D eigenvalue weighted by Gasteiger charge is -2.32. The molecule has 37 heavy (non-hydrogen) atoms. The third kappa shape index (κ3) is 5.06. The number of alkyl carbamates (subject to hydrolysis) is 1. The van der Waals surface area contributed by atoms with Gasteiger partial charge in [0.1, 0.15) is 12.4 Å². The van der Waals surface area contributed by atoms with Crippen LogP contribution in [0.1, 0.15) is 50.3 Å². The number of fused-ring (bicyclic) bond motifs is 3. The zero-order valence-corrected chi connectivity index (χ0v) is 21.6. The molecule has 1 amide bonds. The van der Waals surface area contributed by atoms with Crippen LogP contribution in [0.25, 0.3) is 17.2 Å². The lowest BCUT2D eigenvalue weighted by atomic mass is 9.77. The maximum absolute atomic E-state index is 13.4. The largest absolute Gasteiger partial charge is 0.492 e. The summed E-state index contributed by atoms with van der Waals surface area (Å²) in [5, 5.41) is 2.85. The van der Waals surface area contributed by atoms with Gasteiger partial charge in [-0.3, -0.25) is 0 Å². The van der Waals surface area contributed by atoms with Crippen LogP contribution in [0.4, 0.5) is 9.18 Å². The third-order valence-electron chi connectivity index (χ3n) is 7.56. The lowest BCUT2D eigenvalue weighted by Crippen LogP contribution is -2.41. The van der Waals surface area contributed by atoms with Crippen molar-refractivity contribution in [2.75, 3.05) is 13.2 Å². The molecule has 0 saturated carbocycles. The number of ether oxygens (including phenoxy) is 1. The van der Waals surface area contributed by atoms with E-state index in [0.717, 1.165) is 16.7 Å². The van der Waals surface area contributed by atoms with E-state index in [0.29, 0.717) is 5.47 Å². The highest BCUT2D eigenvalue weighted by Crippen LogP contribution is 2.44. The number of halogens is 1. The van der Waals surface area contributed by atoms with Crippen LogP contribution in [-0.2, 0) is 14.0 Å². The van der Waals surface area contributed by atoms with Gasteiger partial charge < -0.3 is 19.4 Å². The first-order chi connectivity index (χ1) is 17.6. The molecule has 0 radical (unpaired) electrons. The van der Waals surface area contributed by atoms with Gasteiger partial charge in [0, 0.05) is 12.5 Å². The number of carbonyl (C=O) groups is 1. The molecule has 0 spiro atoms. The van der Waals surface area contributed by atoms with Crippen molar-refractivity contribution in [3.05, 3.63) is 101 Å². The number of carbonyl (C=O) groups excluding carboxylic acids is 1. The van der Waals surface area contributed by atoms with E-state index in [2.05, 4.69) is 29.6 Å². The predicted octanol–water partition coefficient (Wildman–Crippen LogP) is 6.38. The SMILES string of the molecule is CC1(C)OB(C(=Cc2ccc(F)cc2)CNC(=O)OCC2c3ccccc3-c3ccccc32)OC1(C)C. The molecular weight excluding hydrogens is 468 g/mol. The minimum atomic E-state index is -0.663. The van der Waals surface area contributed by atoms with Gasteiger partial charge in [0.05, 0.1) is 11.2 Å². The van der Waals surface area contributed by atoms with Gasteiger partial charge in [0.2, 0.25) is 0 Å². The fourth-order valence-corrected chi connectivity index (χ4v) is 4.79. The van der Waals surface area contributed by atoms with Crippen molar-refractivity contribution >= 4 is 19.3 Å². The Kier molecular flexibility index (Phi) is 6.69. The van der Waals surface area contributed by atoms with Crippen molar-refractivity contribution in [2.45, 2.75) is 44.8 Å². The number of amides is 1. The summed E-state index contributed by atoms with van der Waals surface area (Å²) in [4.78, 5) is 12.8. The van der Waals surface area contributed by atoms with Gasteiger partial charge in [0.15, 0.2) is 0 Å². The van der Waals surface area contributed by atoms with Gasteiger partial charge in [-0.05, 0) is 73.1 Å². The van der Waals surface area contributed by atoms with E-state index in [4.69, 9.17) is 14.0 Å². The van der Waals surface area contributed by atoms with Crippen molar-refractivity contribution in [3.8, 4) is 11.1 Å². The van der Waals surface area contributed by atoms with Crippen molar-refractivity contribution in [3.63, 3.8) is 0 Å². The zero-order chi connectivity index (χ0) is 26.2. The standard InChI is InChI=1S/C30H31BFNO4/c1-29(2)30(3,4)37-31(36-29)21(17-20-13-15-22(32)16-14-20)18-33-28(34)35-19-27-25-11-7-5-9-23(25)24-10-6-8-12-26(24)27/h5-17,27H,18-19H2,1-4H3,(H,33,34). The molecule has 7 heteroatoms. The van der Waals surface area contributed by atoms with E-state index >= 15 is 0 Å². The van der Waals surface area contributed by atoms with Crippen LogP contribution in [0, 0.1) is 5.82 Å². The molecule has 0 unspecified atom stereocenters. The molecule has 3 aromatic carbocycles. The summed E-state index contributed by atoms with van der Waals surface area (Å²) in [7, 11) is -0.663. The van der Waals surface area contributed by atoms with E-state index < -0.39 is 24.4 Å². The summed E-state index contributed by atoms with van der Waals surface area (Å²) in [5.74, 6) is -0.332. The molecule has 2 aliphatic rings. The van der Waals surface area contributed by atoms with Crippen molar-refractivity contribution in [2.24, 2.45) is 0 Å². The van der Waals surface area contributed by atoms with Crippen LogP contribution in [0.3, 0.4) is 0 Å². The van der Waals surface area contributed by atoms with Gasteiger partial charge in [-0.25, -0.2) is 9.18 Å². The molecule has 1 N–H and O–H groups in total. The van der Waals surface area contributed by atoms with Gasteiger partial charge >= 0.3 is 13.2 Å². The quantitative estimate of drug-likeness (QED) is 0.400. The zero-order valence-electron chi connectivity index (χ0n) is 21.6. The number of benzene rings is 3. The minimum absolute atomic E-state index is 0.0181. The molecule has 5 rings (SSSR count). The predicted molar refractivity (Wildman–Crippen MR) is 144 cm³/mol. The van der Waals surface area contributed by atoms with E-state index in [1.165, 1.54) is 23.3 Å². The monoisotopic (exact) mass is 499 g/mol. The fraction of sp³-hybridized carbons (Fsp3) is 0.300. The molecule has 190 valence electrons. The number of rotatable bonds is 6. The second-order valence-corrected chi connectivity index (χ2v) is 10.5. The van der Waals surface area contributed by atoms with Gasteiger partial charge in [-0.2, -0.15) is 0 Å². The van der Waals surface area contributed by atoms with Crippen LogP contribution in [0.2, 0.25) is 0 Å². The molecular formula is C30H31BFNO4. The smallest absolute Gasteiger partial charge is 0.449 e. The van der Waals surface area contributed by atoms with Crippen molar-refractivity contribution in [1.29, 1.82) is 0 Å². The Balaban J connectivity index is 1.29. The molecule has 0 bridgehead atoms. The minimum Gasteiger partial charge on any atom is -0.449 e. The molecule has 1 saturated heterocycles. The maximum atomic E-state index is 13.4. The molecule has 3 aromatic rings. The first-order valence-electron chi connectivity index (χ1n) is 12.6. The molecule has 1 heterocycles. The van der Waals surface area contributed by atoms with E-state index in [1.807, 2.05) is 58.0 Å². The highest BCUT2D eigenvalue weighted by molar-refractivity contribution is 6.56. The summed E-state index contributed by atoms with van der Waals surface area (Å²) >= 11 is 0. The van der Waals surface area contributed by atoms with Crippen LogP contribution in [0.5, 0.6) is 0 Å². The Morgan fingerprint density at radius 2 is 1.46 bits per heavy atom. The second kappa shape index (κ2) is 9.80. The number of nitrogens with one attached hydrogen (secondary N) is 1. The van der Waals surface area contributed by atoms with Crippen molar-refractivity contribution in [1.82, 2.24) is 5.32 Å². The topological polar surface area (TPSA) is 56.8 Å². The Morgan fingerprint density at radius 3 is 2.03 bits per heavy atom. The first kappa shape index (κ1) is 25.2. The Labute approximate surface area is 217 Å². The summed E-state index contributed by atoms with van der Waals surface area (Å²) in [6, 6.07) is 22.6. The first-order valence-corrected chi connectivity index (χ1v) is 12.6. The fourth-order valence-electron chi connectivity index (χ4n) is 4.79. The van der Waals surface area contributed by atoms with Crippen LogP contribution >= 0.6 is 0 Å². The summed E-state index contributed by atoms with van der Waals surface area (Å²) < 4.78 is 31.6. The number of hydrogen-bond donors (Lipinski definition) is 1. The third-order valence-corrected chi connectivity index (χ3v) is 7.56. The summed E-state index contributed by atoms with van der Waals surface area (Å²) in [6.07, 6.45) is 1.33. The normalized spacial score (nSPS) is 17.9. The lowest BCUT2D eigenvalue weighted by molar-refractivity contribution is 0.00578. The molecule has 0 atom stereocenters. The molecule has 1 aliphatic heterocycles. The van der Waals surface area contributed by atoms with Crippen LogP contribution in [0.15, 0.2) is 78.3 Å². The van der Waals surface area contributed by atoms with Gasteiger partial charge in [-0.1, -0.05) is 66.7 Å². The Morgan fingerprint density at radius 1 is 0.919 bits per heavy atom. The van der Waals surface area contributed by atoms with Crippen LogP contribution in [-0.4, -0.2) is 37.6 Å². The average molecular weight is 499 g/mol. The summed E-state index contributed by atoms with van der Waals surface area (Å²) in [6.45, 7) is 8.28. The van der Waals surface area contributed by atoms with E-state index in [9.17, 15) is 9.18 Å². The van der Waals surface area contributed by atoms with E-state index in [1.54, 1.807) is 12.1 Å². The molecule has 0 aromatic heterocycles. The van der Waals surface area contributed by atoms with Gasteiger partial charge in [-0.15, -0.1) is 0 Å². The highest BCUT2D eigenvalue weighted by Gasteiger charge is 2.52. The molecule has 5 nitrogen and oxygen atoms in total. The summed E-state index contributed by atoms with van der Waals surface area (Å²) in [5.41, 5.74) is 5.08. The maximum Gasteiger partial charge on any atom is 0.492 e. The van der Waals surface area contributed by atoms with Crippen LogP contribution < -0.4 is 5.32 Å². The van der Waals surface area contributed by atoms with Crippen molar-refractivity contribution < 1.29 is 23.2 Å². The highest BCUT2D eigenvalue weighted by atomic mass is 19.1. The molecule has 1 aliphatic carbocycles. The Bertz CT molecular complexity index is 1270. The Hall–Kier alpha value is -3.42.